The normalized spacial score (nSPS) is 8.78. The lowest BCUT2D eigenvalue weighted by atomic mass is 10.1. The molecule has 0 atom stereocenters. The highest BCUT2D eigenvalue weighted by Gasteiger charge is 2.02. The molecule has 0 radical (unpaired) electrons. The van der Waals surface area contributed by atoms with Crippen LogP contribution in [0.2, 0.25) is 0 Å². The number of methoxy groups -OCH3 is 1. The van der Waals surface area contributed by atoms with Gasteiger partial charge in [-0.3, -0.25) is 4.79 Å². The van der Waals surface area contributed by atoms with E-state index in [1.54, 1.807) is 31.2 Å². The highest BCUT2D eigenvalue weighted by atomic mass is 16.6. The maximum Gasteiger partial charge on any atom is 0.343 e. The lowest BCUT2D eigenvalue weighted by Crippen LogP contribution is -2.12. The van der Waals surface area contributed by atoms with Gasteiger partial charge in [-0.05, 0) is 24.6 Å². The van der Waals surface area contributed by atoms with Crippen LogP contribution < -0.4 is 4.74 Å². The maximum atomic E-state index is 10.9. The van der Waals surface area contributed by atoms with Crippen LogP contribution in [0.5, 0.6) is 5.75 Å². The van der Waals surface area contributed by atoms with E-state index in [1.165, 1.54) is 7.11 Å². The van der Waals surface area contributed by atoms with Crippen LogP contribution in [0.25, 0.3) is 0 Å². The molecule has 4 heteroatoms. The van der Waals surface area contributed by atoms with Gasteiger partial charge in [0.25, 0.3) is 0 Å². The van der Waals surface area contributed by atoms with E-state index < -0.39 is 5.97 Å². The first kappa shape index (κ1) is 15.9. The number of hydrogen-bond donors (Lipinski definition) is 0. The summed E-state index contributed by atoms with van der Waals surface area (Å²) in [5, 5.41) is 0. The number of carbonyl (C=O) groups is 2. The Kier molecular flexibility index (Phi) is 7.94. The monoisotopic (exact) mass is 250 g/mol. The number of benzene rings is 1. The van der Waals surface area contributed by atoms with Gasteiger partial charge in [-0.1, -0.05) is 12.1 Å². The van der Waals surface area contributed by atoms with E-state index in [0.29, 0.717) is 12.2 Å². The summed E-state index contributed by atoms with van der Waals surface area (Å²) in [6.45, 7) is 7.43. The Morgan fingerprint density at radius 1 is 1.17 bits per heavy atom. The first-order valence-electron chi connectivity index (χ1n) is 5.40. The lowest BCUT2D eigenvalue weighted by Gasteiger charge is -2.05. The van der Waals surface area contributed by atoms with Crippen LogP contribution in [0.15, 0.2) is 37.4 Å². The van der Waals surface area contributed by atoms with Gasteiger partial charge in [0.05, 0.1) is 7.11 Å². The smallest absolute Gasteiger partial charge is 0.343 e. The zero-order valence-corrected chi connectivity index (χ0v) is 10.8. The average Bonchev–Trinajstić information content (AvgIpc) is 2.39. The molecule has 0 aliphatic heterocycles. The molecule has 0 bridgehead atoms. The molecule has 0 saturated heterocycles. The van der Waals surface area contributed by atoms with Gasteiger partial charge < -0.3 is 9.47 Å². The second-order valence-corrected chi connectivity index (χ2v) is 3.39. The zero-order chi connectivity index (χ0) is 14.0. The molecule has 0 aliphatic rings. The molecule has 18 heavy (non-hydrogen) atoms. The van der Waals surface area contributed by atoms with Gasteiger partial charge in [0.1, 0.15) is 11.5 Å². The molecular weight excluding hydrogens is 232 g/mol. The minimum atomic E-state index is -0.423. The highest BCUT2D eigenvalue weighted by Crippen LogP contribution is 2.12. The maximum absolute atomic E-state index is 10.9. The van der Waals surface area contributed by atoms with Crippen molar-refractivity contribution >= 4 is 11.8 Å². The Morgan fingerprint density at radius 2 is 1.72 bits per heavy atom. The molecule has 4 nitrogen and oxygen atoms in total. The Morgan fingerprint density at radius 3 is 2.17 bits per heavy atom. The molecule has 1 aromatic rings. The predicted molar refractivity (Wildman–Crippen MR) is 69.6 cm³/mol. The van der Waals surface area contributed by atoms with E-state index in [2.05, 4.69) is 17.9 Å². The van der Waals surface area contributed by atoms with Crippen molar-refractivity contribution < 1.29 is 19.1 Å². The number of ether oxygens (including phenoxy) is 2. The summed E-state index contributed by atoms with van der Waals surface area (Å²) in [6, 6.07) is 7.05. The first-order valence-corrected chi connectivity index (χ1v) is 5.40. The van der Waals surface area contributed by atoms with E-state index in [1.807, 2.05) is 0 Å². The fraction of sp³-hybridized carbons (Fsp3) is 0.286. The van der Waals surface area contributed by atoms with Gasteiger partial charge in [-0.25, -0.2) is 4.79 Å². The summed E-state index contributed by atoms with van der Waals surface area (Å²) in [7, 11) is 1.31. The van der Waals surface area contributed by atoms with E-state index in [0.717, 1.165) is 5.56 Å². The van der Waals surface area contributed by atoms with Crippen molar-refractivity contribution in [2.24, 2.45) is 0 Å². The van der Waals surface area contributed by atoms with Crippen LogP contribution in [0.3, 0.4) is 0 Å². The van der Waals surface area contributed by atoms with Crippen LogP contribution >= 0.6 is 0 Å². The molecule has 0 fully saturated rings. The summed E-state index contributed by atoms with van der Waals surface area (Å²) in [5.41, 5.74) is 0.929. The molecule has 0 aliphatic carbocycles. The summed E-state index contributed by atoms with van der Waals surface area (Å²) >= 11 is 0. The molecule has 0 spiro atoms. The van der Waals surface area contributed by atoms with Crippen LogP contribution in [0.1, 0.15) is 12.5 Å². The van der Waals surface area contributed by atoms with Crippen molar-refractivity contribution in [1.29, 1.82) is 0 Å². The van der Waals surface area contributed by atoms with Gasteiger partial charge >= 0.3 is 5.97 Å². The van der Waals surface area contributed by atoms with Crippen LogP contribution in [-0.4, -0.2) is 25.5 Å². The van der Waals surface area contributed by atoms with Gasteiger partial charge in [0.2, 0.25) is 0 Å². The Bertz CT molecular complexity index is 381. The molecule has 1 rings (SSSR count). The third-order valence-electron chi connectivity index (χ3n) is 1.96. The van der Waals surface area contributed by atoms with E-state index in [9.17, 15) is 9.59 Å². The summed E-state index contributed by atoms with van der Waals surface area (Å²) < 4.78 is 9.60. The number of carbonyl (C=O) groups excluding carboxylic acids is 2. The number of Topliss-reactive ketones (excluding diaryl/α,β-unsaturated/α-hetero) is 1. The van der Waals surface area contributed by atoms with E-state index in [4.69, 9.17) is 4.74 Å². The first-order chi connectivity index (χ1) is 8.61. The van der Waals surface area contributed by atoms with Crippen molar-refractivity contribution in [2.45, 2.75) is 13.3 Å². The van der Waals surface area contributed by atoms with Crippen LogP contribution in [0, 0.1) is 0 Å². The quantitative estimate of drug-likeness (QED) is 0.593. The second-order valence-electron chi connectivity index (χ2n) is 3.39. The average molecular weight is 250 g/mol. The van der Waals surface area contributed by atoms with Gasteiger partial charge in [-0.15, -0.1) is 13.2 Å². The van der Waals surface area contributed by atoms with Gasteiger partial charge in [0.15, 0.2) is 6.61 Å². The SMILES string of the molecule is C=C.COC(=O)COc1ccc(CC(C)=O)cc1. The van der Waals surface area contributed by atoms with Crippen molar-refractivity contribution in [3.05, 3.63) is 43.0 Å². The van der Waals surface area contributed by atoms with Crippen molar-refractivity contribution in [2.75, 3.05) is 13.7 Å². The zero-order valence-electron chi connectivity index (χ0n) is 10.8. The van der Waals surface area contributed by atoms with Crippen molar-refractivity contribution in [3.63, 3.8) is 0 Å². The van der Waals surface area contributed by atoms with Gasteiger partial charge in [0, 0.05) is 6.42 Å². The molecule has 98 valence electrons. The number of hydrogen-bond acceptors (Lipinski definition) is 4. The largest absolute Gasteiger partial charge is 0.482 e. The molecule has 0 amide bonds. The lowest BCUT2D eigenvalue weighted by molar-refractivity contribution is -0.142. The molecule has 0 aromatic heterocycles. The molecule has 1 aromatic carbocycles. The predicted octanol–water partition coefficient (Wildman–Crippen LogP) is 2.17. The minimum absolute atomic E-state index is 0.109. The van der Waals surface area contributed by atoms with E-state index >= 15 is 0 Å². The second kappa shape index (κ2) is 8.98. The topological polar surface area (TPSA) is 52.6 Å². The molecule has 0 heterocycles. The molecule has 0 unspecified atom stereocenters. The fourth-order valence-corrected chi connectivity index (χ4v) is 1.19. The van der Waals surface area contributed by atoms with Crippen LogP contribution in [0.4, 0.5) is 0 Å². The summed E-state index contributed by atoms with van der Waals surface area (Å²) in [4.78, 5) is 21.7. The van der Waals surface area contributed by atoms with Crippen molar-refractivity contribution in [1.82, 2.24) is 0 Å². The summed E-state index contributed by atoms with van der Waals surface area (Å²) in [5.74, 6) is 0.272. The Hall–Kier alpha value is -2.10. The number of ketones is 1. The minimum Gasteiger partial charge on any atom is -0.482 e. The fourth-order valence-electron chi connectivity index (χ4n) is 1.19. The van der Waals surface area contributed by atoms with Crippen LogP contribution in [-0.2, 0) is 20.7 Å². The molecular formula is C14H18O4. The third kappa shape index (κ3) is 6.48. The third-order valence-corrected chi connectivity index (χ3v) is 1.96. The highest BCUT2D eigenvalue weighted by molar-refractivity contribution is 5.78. The molecule has 0 N–H and O–H groups in total. The number of rotatable bonds is 5. The van der Waals surface area contributed by atoms with Gasteiger partial charge in [-0.2, -0.15) is 0 Å². The number of esters is 1. The van der Waals surface area contributed by atoms with E-state index in [-0.39, 0.29) is 12.4 Å². The van der Waals surface area contributed by atoms with Crippen molar-refractivity contribution in [3.8, 4) is 5.75 Å². The standard InChI is InChI=1S/C12H14O4.C2H4/c1-9(13)7-10-3-5-11(6-4-10)16-8-12(14)15-2;1-2/h3-6H,7-8H2,1-2H3;1-2H2. The summed E-state index contributed by atoms with van der Waals surface area (Å²) in [6.07, 6.45) is 0.414. The Labute approximate surface area is 107 Å². The Balaban J connectivity index is 0.00000137. The molecule has 0 saturated carbocycles.